The van der Waals surface area contributed by atoms with Gasteiger partial charge in [-0.25, -0.2) is 0 Å². The minimum atomic E-state index is 0. The molecule has 7 heteroatoms. The highest BCUT2D eigenvalue weighted by molar-refractivity contribution is 14.0. The maximum Gasteiger partial charge on any atom is 0.221 e. The van der Waals surface area contributed by atoms with Gasteiger partial charge in [0.15, 0.2) is 5.96 Å². The average molecular weight is 442 g/mol. The Morgan fingerprint density at radius 3 is 2.39 bits per heavy atom. The lowest BCUT2D eigenvalue weighted by atomic mass is 10.2. The molecule has 0 rings (SSSR count). The molecule has 6 nitrogen and oxygen atoms in total. The van der Waals surface area contributed by atoms with Crippen molar-refractivity contribution < 1.29 is 9.53 Å². The van der Waals surface area contributed by atoms with Gasteiger partial charge in [-0.15, -0.1) is 24.0 Å². The fourth-order valence-electron chi connectivity index (χ4n) is 1.66. The molecule has 0 aromatic rings. The number of hydrogen-bond acceptors (Lipinski definition) is 3. The molecule has 0 heterocycles. The first kappa shape index (κ1) is 24.7. The van der Waals surface area contributed by atoms with Crippen LogP contribution in [-0.2, 0) is 9.53 Å². The summed E-state index contributed by atoms with van der Waals surface area (Å²) in [6.07, 6.45) is 2.33. The van der Waals surface area contributed by atoms with Gasteiger partial charge >= 0.3 is 0 Å². The van der Waals surface area contributed by atoms with Crippen LogP contribution in [0.25, 0.3) is 0 Å². The summed E-state index contributed by atoms with van der Waals surface area (Å²) in [6, 6.07) is 0.232. The molecule has 3 N–H and O–H groups in total. The van der Waals surface area contributed by atoms with Crippen molar-refractivity contribution in [2.45, 2.75) is 53.0 Å². The van der Waals surface area contributed by atoms with Crippen molar-refractivity contribution in [3.8, 4) is 0 Å². The third kappa shape index (κ3) is 16.1. The highest BCUT2D eigenvalue weighted by Crippen LogP contribution is 1.93. The fourth-order valence-corrected chi connectivity index (χ4v) is 1.66. The maximum atomic E-state index is 11.6. The number of rotatable bonds is 11. The van der Waals surface area contributed by atoms with E-state index in [0.29, 0.717) is 18.9 Å². The molecule has 1 amide bonds. The third-order valence-electron chi connectivity index (χ3n) is 3.10. The van der Waals surface area contributed by atoms with Crippen molar-refractivity contribution >= 4 is 35.8 Å². The van der Waals surface area contributed by atoms with Gasteiger partial charge in [0.05, 0.1) is 0 Å². The Hall–Kier alpha value is -0.570. The molecule has 0 fully saturated rings. The molecule has 0 saturated carbocycles. The van der Waals surface area contributed by atoms with Crippen molar-refractivity contribution in [3.63, 3.8) is 0 Å². The summed E-state index contributed by atoms with van der Waals surface area (Å²) in [5, 5.41) is 9.29. The van der Waals surface area contributed by atoms with Crippen LogP contribution in [0.4, 0.5) is 0 Å². The molecule has 0 aliphatic carbocycles. The van der Waals surface area contributed by atoms with Crippen LogP contribution in [0.1, 0.15) is 47.0 Å². The number of halogens is 1. The van der Waals surface area contributed by atoms with Crippen LogP contribution in [-0.4, -0.2) is 51.3 Å². The number of amides is 1. The lowest BCUT2D eigenvalue weighted by molar-refractivity contribution is -0.121. The quantitative estimate of drug-likeness (QED) is 0.198. The molecule has 0 aliphatic rings. The smallest absolute Gasteiger partial charge is 0.221 e. The van der Waals surface area contributed by atoms with E-state index in [0.717, 1.165) is 38.6 Å². The molecule has 1 atom stereocenters. The van der Waals surface area contributed by atoms with Crippen LogP contribution >= 0.6 is 24.0 Å². The number of nitrogens with one attached hydrogen (secondary N) is 3. The largest absolute Gasteiger partial charge is 0.381 e. The van der Waals surface area contributed by atoms with E-state index in [1.807, 2.05) is 6.92 Å². The number of guanidine groups is 1. The summed E-state index contributed by atoms with van der Waals surface area (Å²) >= 11 is 0. The minimum Gasteiger partial charge on any atom is -0.381 e. The summed E-state index contributed by atoms with van der Waals surface area (Å²) in [5.41, 5.74) is 0. The van der Waals surface area contributed by atoms with E-state index in [4.69, 9.17) is 4.74 Å². The van der Waals surface area contributed by atoms with Gasteiger partial charge in [-0.2, -0.15) is 0 Å². The second-order valence-electron chi connectivity index (χ2n) is 5.87. The standard InChI is InChI=1S/C16H34N4O2.HI/c1-6-14(4)20-15(21)8-10-19-16(17-5)18-9-7-11-22-12-13(2)3;/h13-14H,6-12H2,1-5H3,(H,20,21)(H2,17,18,19);1H. The molecule has 0 bridgehead atoms. The van der Waals surface area contributed by atoms with Gasteiger partial charge in [-0.1, -0.05) is 20.8 Å². The second-order valence-corrected chi connectivity index (χ2v) is 5.87. The van der Waals surface area contributed by atoms with Gasteiger partial charge in [-0.3, -0.25) is 9.79 Å². The molecular formula is C16H35IN4O2. The molecule has 0 radical (unpaired) electrons. The highest BCUT2D eigenvalue weighted by Gasteiger charge is 2.05. The summed E-state index contributed by atoms with van der Waals surface area (Å²) in [4.78, 5) is 15.8. The number of aliphatic imine (C=N–C) groups is 1. The van der Waals surface area contributed by atoms with Crippen LogP contribution in [0, 0.1) is 5.92 Å². The summed E-state index contributed by atoms with van der Waals surface area (Å²) in [7, 11) is 1.73. The Kier molecular flexibility index (Phi) is 17.5. The van der Waals surface area contributed by atoms with Gasteiger partial charge in [0, 0.05) is 45.8 Å². The van der Waals surface area contributed by atoms with Crippen molar-refractivity contribution in [2.24, 2.45) is 10.9 Å². The van der Waals surface area contributed by atoms with Crippen LogP contribution < -0.4 is 16.0 Å². The Labute approximate surface area is 158 Å². The molecular weight excluding hydrogens is 407 g/mol. The molecule has 0 aliphatic heterocycles. The first-order valence-corrected chi connectivity index (χ1v) is 8.31. The zero-order chi connectivity index (χ0) is 16.8. The van der Waals surface area contributed by atoms with E-state index in [9.17, 15) is 4.79 Å². The number of carbonyl (C=O) groups excluding carboxylic acids is 1. The molecule has 0 spiro atoms. The Balaban J connectivity index is 0. The molecule has 1 unspecified atom stereocenters. The van der Waals surface area contributed by atoms with Crippen LogP contribution in [0.2, 0.25) is 0 Å². The van der Waals surface area contributed by atoms with Crippen LogP contribution in [0.15, 0.2) is 4.99 Å². The van der Waals surface area contributed by atoms with Gasteiger partial charge in [-0.05, 0) is 25.7 Å². The van der Waals surface area contributed by atoms with E-state index >= 15 is 0 Å². The topological polar surface area (TPSA) is 74.8 Å². The average Bonchev–Trinajstić information content (AvgIpc) is 2.48. The van der Waals surface area contributed by atoms with Gasteiger partial charge in [0.25, 0.3) is 0 Å². The highest BCUT2D eigenvalue weighted by atomic mass is 127. The molecule has 0 aromatic carbocycles. The lowest BCUT2D eigenvalue weighted by Crippen LogP contribution is -2.40. The fraction of sp³-hybridized carbons (Fsp3) is 0.875. The van der Waals surface area contributed by atoms with E-state index in [1.165, 1.54) is 0 Å². The van der Waals surface area contributed by atoms with E-state index in [1.54, 1.807) is 7.05 Å². The Morgan fingerprint density at radius 2 is 1.83 bits per heavy atom. The Bertz CT molecular complexity index is 325. The van der Waals surface area contributed by atoms with E-state index < -0.39 is 0 Å². The second kappa shape index (κ2) is 16.3. The number of carbonyl (C=O) groups is 1. The predicted octanol–water partition coefficient (Wildman–Crippen LogP) is 2.14. The minimum absolute atomic E-state index is 0. The van der Waals surface area contributed by atoms with E-state index in [2.05, 4.69) is 41.7 Å². The van der Waals surface area contributed by atoms with E-state index in [-0.39, 0.29) is 35.9 Å². The Morgan fingerprint density at radius 1 is 1.17 bits per heavy atom. The third-order valence-corrected chi connectivity index (χ3v) is 3.10. The SMILES string of the molecule is CCC(C)NC(=O)CCNC(=NC)NCCCOCC(C)C.I. The molecule has 0 aromatic heterocycles. The zero-order valence-electron chi connectivity index (χ0n) is 15.3. The zero-order valence-corrected chi connectivity index (χ0v) is 17.6. The monoisotopic (exact) mass is 442 g/mol. The summed E-state index contributed by atoms with van der Waals surface area (Å²) < 4.78 is 5.52. The van der Waals surface area contributed by atoms with Gasteiger partial charge in [0.1, 0.15) is 0 Å². The predicted molar refractivity (Wildman–Crippen MR) is 108 cm³/mol. The first-order chi connectivity index (χ1) is 10.5. The van der Waals surface area contributed by atoms with Crippen molar-refractivity contribution in [1.82, 2.24) is 16.0 Å². The summed E-state index contributed by atoms with van der Waals surface area (Å²) in [6.45, 7) is 11.3. The van der Waals surface area contributed by atoms with Crippen LogP contribution in [0.3, 0.4) is 0 Å². The number of ether oxygens (including phenoxy) is 1. The van der Waals surface area contributed by atoms with Gasteiger partial charge < -0.3 is 20.7 Å². The molecule has 23 heavy (non-hydrogen) atoms. The lowest BCUT2D eigenvalue weighted by Gasteiger charge is -2.14. The number of nitrogens with zero attached hydrogens (tertiary/aromatic N) is 1. The molecule has 0 saturated heterocycles. The summed E-state index contributed by atoms with van der Waals surface area (Å²) in [5.74, 6) is 1.36. The first-order valence-electron chi connectivity index (χ1n) is 8.31. The van der Waals surface area contributed by atoms with Crippen LogP contribution in [0.5, 0.6) is 0 Å². The van der Waals surface area contributed by atoms with Gasteiger partial charge in [0.2, 0.25) is 5.91 Å². The van der Waals surface area contributed by atoms with Crippen molar-refractivity contribution in [2.75, 3.05) is 33.4 Å². The normalized spacial score (nSPS) is 12.5. The molecule has 138 valence electrons. The maximum absolute atomic E-state index is 11.6. The number of hydrogen-bond donors (Lipinski definition) is 3. The van der Waals surface area contributed by atoms with Crippen molar-refractivity contribution in [3.05, 3.63) is 0 Å². The van der Waals surface area contributed by atoms with Crippen molar-refractivity contribution in [1.29, 1.82) is 0 Å².